The van der Waals surface area contributed by atoms with E-state index in [4.69, 9.17) is 0 Å². The Kier molecular flexibility index (Phi) is 5.25. The van der Waals surface area contributed by atoms with E-state index >= 15 is 0 Å². The number of carbonyl (C=O) groups excluding carboxylic acids is 1. The summed E-state index contributed by atoms with van der Waals surface area (Å²) in [4.78, 5) is 20.2. The lowest BCUT2D eigenvalue weighted by Crippen LogP contribution is -2.48. The summed E-state index contributed by atoms with van der Waals surface area (Å²) in [5, 5.41) is 0. The van der Waals surface area contributed by atoms with Gasteiger partial charge in [-0.2, -0.15) is 0 Å². The number of fused-ring (bicyclic) bond motifs is 1. The SMILES string of the molecule is O=C(C1CCCCC1)N1CCN(CCN2CCCC2)c2ccccc21. The predicted molar refractivity (Wildman–Crippen MR) is 103 cm³/mol. The van der Waals surface area contributed by atoms with Crippen molar-refractivity contribution in [3.05, 3.63) is 24.3 Å². The summed E-state index contributed by atoms with van der Waals surface area (Å²) in [6, 6.07) is 8.51. The number of amides is 1. The molecule has 1 aliphatic carbocycles. The Morgan fingerprint density at radius 3 is 2.32 bits per heavy atom. The van der Waals surface area contributed by atoms with Gasteiger partial charge in [0.2, 0.25) is 5.91 Å². The fourth-order valence-corrected chi connectivity index (χ4v) is 4.72. The van der Waals surface area contributed by atoms with Crippen LogP contribution in [0, 0.1) is 5.92 Å². The first-order valence-electron chi connectivity index (χ1n) is 10.2. The van der Waals surface area contributed by atoms with Crippen LogP contribution >= 0.6 is 0 Å². The number of rotatable bonds is 4. The highest BCUT2D eigenvalue weighted by atomic mass is 16.2. The molecule has 1 saturated carbocycles. The van der Waals surface area contributed by atoms with Crippen molar-refractivity contribution < 1.29 is 4.79 Å². The summed E-state index contributed by atoms with van der Waals surface area (Å²) in [6.45, 7) is 6.52. The minimum absolute atomic E-state index is 0.248. The Morgan fingerprint density at radius 1 is 0.840 bits per heavy atom. The minimum Gasteiger partial charge on any atom is -0.367 e. The van der Waals surface area contributed by atoms with Crippen LogP contribution in [0.15, 0.2) is 24.3 Å². The van der Waals surface area contributed by atoms with E-state index in [0.717, 1.165) is 44.7 Å². The molecule has 1 aromatic rings. The summed E-state index contributed by atoms with van der Waals surface area (Å²) in [7, 11) is 0. The van der Waals surface area contributed by atoms with Crippen LogP contribution < -0.4 is 9.80 Å². The quantitative estimate of drug-likeness (QED) is 0.838. The molecule has 0 atom stereocenters. The Morgan fingerprint density at radius 2 is 1.56 bits per heavy atom. The summed E-state index contributed by atoms with van der Waals surface area (Å²) >= 11 is 0. The molecule has 1 aromatic carbocycles. The first kappa shape index (κ1) is 16.9. The highest BCUT2D eigenvalue weighted by Crippen LogP contribution is 2.35. The van der Waals surface area contributed by atoms with Crippen LogP contribution in [0.1, 0.15) is 44.9 Å². The van der Waals surface area contributed by atoms with Crippen molar-refractivity contribution in [3.63, 3.8) is 0 Å². The van der Waals surface area contributed by atoms with Crippen LogP contribution in [0.25, 0.3) is 0 Å². The van der Waals surface area contributed by atoms with E-state index in [1.807, 2.05) is 0 Å². The number of nitrogens with zero attached hydrogens (tertiary/aromatic N) is 3. The molecule has 0 unspecified atom stereocenters. The van der Waals surface area contributed by atoms with Gasteiger partial charge in [-0.1, -0.05) is 31.4 Å². The molecule has 25 heavy (non-hydrogen) atoms. The van der Waals surface area contributed by atoms with Gasteiger partial charge in [0, 0.05) is 32.1 Å². The lowest BCUT2D eigenvalue weighted by atomic mass is 9.88. The molecule has 0 aromatic heterocycles. The standard InChI is InChI=1S/C21H31N3O/c25-21(18-8-2-1-3-9-18)24-17-16-23(15-14-22-12-6-7-13-22)19-10-4-5-11-20(19)24/h4-5,10-11,18H,1-3,6-9,12-17H2. The second kappa shape index (κ2) is 7.77. The molecule has 2 heterocycles. The molecular weight excluding hydrogens is 310 g/mol. The molecule has 0 N–H and O–H groups in total. The van der Waals surface area contributed by atoms with Gasteiger partial charge in [0.15, 0.2) is 0 Å². The molecule has 4 heteroatoms. The molecule has 1 amide bonds. The zero-order valence-corrected chi connectivity index (χ0v) is 15.3. The third-order valence-corrected chi connectivity index (χ3v) is 6.21. The fraction of sp³-hybridized carbons (Fsp3) is 0.667. The molecule has 0 radical (unpaired) electrons. The van der Waals surface area contributed by atoms with E-state index < -0.39 is 0 Å². The van der Waals surface area contributed by atoms with Gasteiger partial charge in [0.05, 0.1) is 11.4 Å². The Balaban J connectivity index is 1.47. The number of para-hydroxylation sites is 2. The fourth-order valence-electron chi connectivity index (χ4n) is 4.72. The maximum Gasteiger partial charge on any atom is 0.230 e. The summed E-state index contributed by atoms with van der Waals surface area (Å²) in [6.07, 6.45) is 8.58. The average molecular weight is 341 g/mol. The smallest absolute Gasteiger partial charge is 0.230 e. The highest BCUT2D eigenvalue weighted by molar-refractivity contribution is 5.99. The Hall–Kier alpha value is -1.55. The first-order valence-corrected chi connectivity index (χ1v) is 10.2. The van der Waals surface area contributed by atoms with Crippen molar-refractivity contribution in [2.75, 3.05) is 49.1 Å². The van der Waals surface area contributed by atoms with E-state index in [1.165, 1.54) is 50.9 Å². The predicted octanol–water partition coefficient (Wildman–Crippen LogP) is 3.52. The molecule has 1 saturated heterocycles. The topological polar surface area (TPSA) is 26.8 Å². The van der Waals surface area contributed by atoms with Crippen molar-refractivity contribution >= 4 is 17.3 Å². The van der Waals surface area contributed by atoms with Crippen LogP contribution in [0.3, 0.4) is 0 Å². The molecule has 2 fully saturated rings. The summed E-state index contributed by atoms with van der Waals surface area (Å²) in [5.41, 5.74) is 2.38. The van der Waals surface area contributed by atoms with Crippen molar-refractivity contribution in [2.45, 2.75) is 44.9 Å². The van der Waals surface area contributed by atoms with E-state index in [0.29, 0.717) is 5.91 Å². The zero-order valence-electron chi connectivity index (χ0n) is 15.3. The van der Waals surface area contributed by atoms with Gasteiger partial charge in [-0.05, 0) is 50.9 Å². The van der Waals surface area contributed by atoms with E-state index in [1.54, 1.807) is 0 Å². The van der Waals surface area contributed by atoms with Gasteiger partial charge >= 0.3 is 0 Å². The third-order valence-electron chi connectivity index (χ3n) is 6.21. The van der Waals surface area contributed by atoms with Crippen molar-refractivity contribution in [2.24, 2.45) is 5.92 Å². The number of hydrogen-bond acceptors (Lipinski definition) is 3. The van der Waals surface area contributed by atoms with Gasteiger partial charge in [-0.15, -0.1) is 0 Å². The number of benzene rings is 1. The lowest BCUT2D eigenvalue weighted by molar-refractivity contribution is -0.123. The number of likely N-dealkylation sites (tertiary alicyclic amines) is 1. The van der Waals surface area contributed by atoms with Crippen LogP contribution in [0.5, 0.6) is 0 Å². The molecule has 0 bridgehead atoms. The average Bonchev–Trinajstić information content (AvgIpc) is 3.20. The maximum absolute atomic E-state index is 13.1. The first-order chi connectivity index (χ1) is 12.3. The molecule has 4 rings (SSSR count). The molecule has 2 aliphatic heterocycles. The van der Waals surface area contributed by atoms with Gasteiger partial charge in [-0.3, -0.25) is 4.79 Å². The van der Waals surface area contributed by atoms with Crippen molar-refractivity contribution in [1.29, 1.82) is 0 Å². The van der Waals surface area contributed by atoms with Gasteiger partial charge in [0.1, 0.15) is 0 Å². The van der Waals surface area contributed by atoms with E-state index in [2.05, 4.69) is 39.0 Å². The Bertz CT molecular complexity index is 591. The largest absolute Gasteiger partial charge is 0.367 e. The van der Waals surface area contributed by atoms with Gasteiger partial charge < -0.3 is 14.7 Å². The second-order valence-electron chi connectivity index (χ2n) is 7.85. The van der Waals surface area contributed by atoms with Crippen LogP contribution in [0.4, 0.5) is 11.4 Å². The lowest BCUT2D eigenvalue weighted by Gasteiger charge is -2.40. The highest BCUT2D eigenvalue weighted by Gasteiger charge is 2.31. The number of carbonyl (C=O) groups is 1. The zero-order chi connectivity index (χ0) is 17.1. The molecule has 0 spiro atoms. The minimum atomic E-state index is 0.248. The number of hydrogen-bond donors (Lipinski definition) is 0. The Labute approximate surface area is 151 Å². The van der Waals surface area contributed by atoms with Crippen molar-refractivity contribution in [1.82, 2.24) is 4.90 Å². The van der Waals surface area contributed by atoms with E-state index in [9.17, 15) is 4.79 Å². The number of anilines is 2. The van der Waals surface area contributed by atoms with Crippen LogP contribution in [-0.2, 0) is 4.79 Å². The van der Waals surface area contributed by atoms with E-state index in [-0.39, 0.29) is 5.92 Å². The molecular formula is C21H31N3O. The second-order valence-corrected chi connectivity index (χ2v) is 7.85. The van der Waals surface area contributed by atoms with Crippen LogP contribution in [-0.4, -0.2) is 50.1 Å². The molecule has 4 nitrogen and oxygen atoms in total. The molecule has 136 valence electrons. The monoisotopic (exact) mass is 341 g/mol. The van der Waals surface area contributed by atoms with Gasteiger partial charge in [-0.25, -0.2) is 0 Å². The summed E-state index contributed by atoms with van der Waals surface area (Å²) in [5.74, 6) is 0.615. The molecule has 3 aliphatic rings. The summed E-state index contributed by atoms with van der Waals surface area (Å²) < 4.78 is 0. The normalized spacial score (nSPS) is 22.2. The maximum atomic E-state index is 13.1. The van der Waals surface area contributed by atoms with Crippen LogP contribution in [0.2, 0.25) is 0 Å². The van der Waals surface area contributed by atoms with Crippen molar-refractivity contribution in [3.8, 4) is 0 Å². The van der Waals surface area contributed by atoms with Gasteiger partial charge in [0.25, 0.3) is 0 Å². The third kappa shape index (κ3) is 3.69.